The average molecular weight is 256 g/mol. The lowest BCUT2D eigenvalue weighted by atomic mass is 9.78. The maximum atomic E-state index is 8.98. The van der Waals surface area contributed by atoms with Gasteiger partial charge in [-0.15, -0.1) is 11.3 Å². The lowest BCUT2D eigenvalue weighted by molar-refractivity contribution is 0.484. The number of rotatable bonds is 4. The second-order valence-corrected chi connectivity index (χ2v) is 5.75. The van der Waals surface area contributed by atoms with Crippen molar-refractivity contribution in [2.75, 3.05) is 6.54 Å². The Balaban J connectivity index is 2.34. The summed E-state index contributed by atoms with van der Waals surface area (Å²) in [6, 6.07) is 14.1. The van der Waals surface area contributed by atoms with Crippen molar-refractivity contribution in [3.05, 3.63) is 57.8 Å². The molecule has 0 radical (unpaired) electrons. The summed E-state index contributed by atoms with van der Waals surface area (Å²) in [5.41, 5.74) is 7.68. The van der Waals surface area contributed by atoms with E-state index in [4.69, 9.17) is 11.0 Å². The van der Waals surface area contributed by atoms with Gasteiger partial charge in [-0.05, 0) is 35.6 Å². The van der Waals surface area contributed by atoms with E-state index in [0.717, 1.165) is 12.0 Å². The molecule has 1 heterocycles. The molecule has 2 N–H and O–H groups in total. The maximum absolute atomic E-state index is 8.98. The summed E-state index contributed by atoms with van der Waals surface area (Å²) >= 11 is 1.75. The predicted molar refractivity (Wildman–Crippen MR) is 75.6 cm³/mol. The zero-order valence-electron chi connectivity index (χ0n) is 10.4. The van der Waals surface area contributed by atoms with Gasteiger partial charge in [0.25, 0.3) is 0 Å². The minimum absolute atomic E-state index is 0.113. The molecule has 0 saturated carbocycles. The molecule has 1 aromatic carbocycles. The quantitative estimate of drug-likeness (QED) is 0.914. The minimum atomic E-state index is -0.113. The molecular weight excluding hydrogens is 240 g/mol. The van der Waals surface area contributed by atoms with E-state index in [2.05, 4.69) is 36.6 Å². The first-order chi connectivity index (χ1) is 8.68. The molecule has 0 bridgehead atoms. The summed E-state index contributed by atoms with van der Waals surface area (Å²) in [6.07, 6.45) is 0.913. The van der Waals surface area contributed by atoms with Gasteiger partial charge in [-0.2, -0.15) is 5.26 Å². The van der Waals surface area contributed by atoms with Gasteiger partial charge in [0, 0.05) is 16.8 Å². The van der Waals surface area contributed by atoms with Crippen LogP contribution in [0.15, 0.2) is 41.8 Å². The summed E-state index contributed by atoms with van der Waals surface area (Å²) in [6.45, 7) is 2.73. The predicted octanol–water partition coefficient (Wildman–Crippen LogP) is 3.08. The van der Waals surface area contributed by atoms with Crippen molar-refractivity contribution in [2.45, 2.75) is 18.8 Å². The Labute approximate surface area is 112 Å². The van der Waals surface area contributed by atoms with Crippen LogP contribution in [-0.2, 0) is 11.8 Å². The molecule has 2 nitrogen and oxygen atoms in total. The van der Waals surface area contributed by atoms with E-state index in [1.807, 2.05) is 18.2 Å². The van der Waals surface area contributed by atoms with E-state index in [0.29, 0.717) is 12.1 Å². The number of thiophene rings is 1. The number of nitriles is 1. The average Bonchev–Trinajstić information content (AvgIpc) is 2.91. The minimum Gasteiger partial charge on any atom is -0.330 e. The van der Waals surface area contributed by atoms with Crippen molar-refractivity contribution in [3.8, 4) is 6.07 Å². The largest absolute Gasteiger partial charge is 0.330 e. The van der Waals surface area contributed by atoms with Gasteiger partial charge in [-0.25, -0.2) is 0 Å². The number of hydrogen-bond donors (Lipinski definition) is 1. The van der Waals surface area contributed by atoms with E-state index in [-0.39, 0.29) is 5.41 Å². The summed E-state index contributed by atoms with van der Waals surface area (Å²) in [5.74, 6) is 0. The zero-order chi connectivity index (χ0) is 13.0. The van der Waals surface area contributed by atoms with Crippen molar-refractivity contribution in [1.29, 1.82) is 5.26 Å². The molecule has 2 rings (SSSR count). The molecular formula is C15H16N2S. The van der Waals surface area contributed by atoms with Crippen LogP contribution in [0.3, 0.4) is 0 Å². The van der Waals surface area contributed by atoms with Gasteiger partial charge in [0.15, 0.2) is 0 Å². The van der Waals surface area contributed by atoms with Crippen LogP contribution in [0.2, 0.25) is 0 Å². The molecule has 0 amide bonds. The normalized spacial score (nSPS) is 13.8. The Morgan fingerprint density at radius 3 is 2.78 bits per heavy atom. The Bertz CT molecular complexity index is 554. The van der Waals surface area contributed by atoms with Crippen LogP contribution in [0, 0.1) is 11.3 Å². The molecule has 3 heteroatoms. The van der Waals surface area contributed by atoms with Crippen LogP contribution in [0.25, 0.3) is 0 Å². The van der Waals surface area contributed by atoms with Crippen molar-refractivity contribution >= 4 is 11.3 Å². The van der Waals surface area contributed by atoms with E-state index in [9.17, 15) is 0 Å². The fourth-order valence-electron chi connectivity index (χ4n) is 2.05. The Morgan fingerprint density at radius 2 is 2.17 bits per heavy atom. The molecule has 1 unspecified atom stereocenters. The van der Waals surface area contributed by atoms with Crippen LogP contribution in [0.1, 0.15) is 22.9 Å². The number of benzene rings is 1. The van der Waals surface area contributed by atoms with Crippen LogP contribution in [0.4, 0.5) is 0 Å². The van der Waals surface area contributed by atoms with Crippen LogP contribution < -0.4 is 5.73 Å². The van der Waals surface area contributed by atoms with Crippen molar-refractivity contribution < 1.29 is 0 Å². The second kappa shape index (κ2) is 5.34. The number of nitrogens with two attached hydrogens (primary N) is 1. The van der Waals surface area contributed by atoms with Gasteiger partial charge in [0.1, 0.15) is 0 Å². The molecule has 18 heavy (non-hydrogen) atoms. The third-order valence-corrected chi connectivity index (χ3v) is 4.16. The molecule has 1 atom stereocenters. The van der Waals surface area contributed by atoms with E-state index in [1.165, 1.54) is 4.88 Å². The molecule has 0 aliphatic rings. The van der Waals surface area contributed by atoms with Crippen molar-refractivity contribution in [2.24, 2.45) is 5.73 Å². The van der Waals surface area contributed by atoms with Gasteiger partial charge in [-0.1, -0.05) is 25.1 Å². The highest BCUT2D eigenvalue weighted by atomic mass is 32.1. The summed E-state index contributed by atoms with van der Waals surface area (Å²) in [5, 5.41) is 11.1. The lowest BCUT2D eigenvalue weighted by Crippen LogP contribution is -2.34. The van der Waals surface area contributed by atoms with E-state index < -0.39 is 0 Å². The monoisotopic (exact) mass is 256 g/mol. The molecule has 0 saturated heterocycles. The molecule has 0 fully saturated rings. The van der Waals surface area contributed by atoms with Gasteiger partial charge in [0.05, 0.1) is 11.6 Å². The molecule has 2 aromatic rings. The lowest BCUT2D eigenvalue weighted by Gasteiger charge is -2.28. The molecule has 0 aliphatic heterocycles. The first kappa shape index (κ1) is 12.8. The third kappa shape index (κ3) is 2.61. The Kier molecular flexibility index (Phi) is 3.81. The molecule has 0 aliphatic carbocycles. The second-order valence-electron chi connectivity index (χ2n) is 4.71. The SMILES string of the molecule is CC(CN)(Cc1cccs1)c1cccc(C#N)c1. The standard InChI is InChI=1S/C15H16N2S/c1-15(11-17,9-14-6-3-7-18-14)13-5-2-4-12(8-13)10-16/h2-8H,9,11,17H2,1H3. The van der Waals surface area contributed by atoms with Gasteiger partial charge < -0.3 is 5.73 Å². The first-order valence-corrected chi connectivity index (χ1v) is 6.79. The molecule has 0 spiro atoms. The molecule has 92 valence electrons. The van der Waals surface area contributed by atoms with Gasteiger partial charge >= 0.3 is 0 Å². The van der Waals surface area contributed by atoms with Crippen LogP contribution >= 0.6 is 11.3 Å². The van der Waals surface area contributed by atoms with E-state index in [1.54, 1.807) is 11.3 Å². The highest BCUT2D eigenvalue weighted by molar-refractivity contribution is 7.09. The zero-order valence-corrected chi connectivity index (χ0v) is 11.2. The highest BCUT2D eigenvalue weighted by Gasteiger charge is 2.26. The summed E-state index contributed by atoms with van der Waals surface area (Å²) in [7, 11) is 0. The summed E-state index contributed by atoms with van der Waals surface area (Å²) in [4.78, 5) is 1.32. The number of nitrogens with zero attached hydrogens (tertiary/aromatic N) is 1. The topological polar surface area (TPSA) is 49.8 Å². The number of hydrogen-bond acceptors (Lipinski definition) is 3. The summed E-state index contributed by atoms with van der Waals surface area (Å²) < 4.78 is 0. The molecule has 1 aromatic heterocycles. The third-order valence-electron chi connectivity index (χ3n) is 3.28. The fraction of sp³-hybridized carbons (Fsp3) is 0.267. The Hall–Kier alpha value is -1.63. The van der Waals surface area contributed by atoms with Crippen LogP contribution in [-0.4, -0.2) is 6.54 Å². The first-order valence-electron chi connectivity index (χ1n) is 5.91. The Morgan fingerprint density at radius 1 is 1.33 bits per heavy atom. The van der Waals surface area contributed by atoms with Gasteiger partial charge in [0.2, 0.25) is 0 Å². The highest BCUT2D eigenvalue weighted by Crippen LogP contribution is 2.29. The van der Waals surface area contributed by atoms with E-state index >= 15 is 0 Å². The van der Waals surface area contributed by atoms with Crippen LogP contribution in [0.5, 0.6) is 0 Å². The van der Waals surface area contributed by atoms with Gasteiger partial charge in [-0.3, -0.25) is 0 Å². The maximum Gasteiger partial charge on any atom is 0.0991 e. The van der Waals surface area contributed by atoms with Crippen molar-refractivity contribution in [1.82, 2.24) is 0 Å². The fourth-order valence-corrected chi connectivity index (χ4v) is 2.94. The smallest absolute Gasteiger partial charge is 0.0991 e. The van der Waals surface area contributed by atoms with Crippen molar-refractivity contribution in [3.63, 3.8) is 0 Å².